The van der Waals surface area contributed by atoms with Crippen LogP contribution in [0.15, 0.2) is 36.9 Å². The first kappa shape index (κ1) is 13.4. The Hall–Kier alpha value is -1.08. The Balaban J connectivity index is 2.23. The van der Waals surface area contributed by atoms with E-state index in [-0.39, 0.29) is 23.2 Å². The number of carbonyl (C=O) groups excluding carboxylic acids is 1. The Labute approximate surface area is 114 Å². The first-order valence-electron chi connectivity index (χ1n) is 6.28. The van der Waals surface area contributed by atoms with Crippen LogP contribution in [-0.4, -0.2) is 5.78 Å². The molecule has 0 N–H and O–H groups in total. The molecule has 0 radical (unpaired) electrons. The fraction of sp³-hybridized carbons (Fsp3) is 0.438. The van der Waals surface area contributed by atoms with Gasteiger partial charge in [-0.3, -0.25) is 4.79 Å². The van der Waals surface area contributed by atoms with Gasteiger partial charge in [0.1, 0.15) is 5.78 Å². The van der Waals surface area contributed by atoms with Crippen molar-refractivity contribution in [2.24, 2.45) is 17.3 Å². The summed E-state index contributed by atoms with van der Waals surface area (Å²) in [4.78, 5) is 12.4. The molecular weight excluding hydrogens is 244 g/mol. The van der Waals surface area contributed by atoms with E-state index < -0.39 is 0 Å². The maximum absolute atomic E-state index is 12.4. The Bertz CT molecular complexity index is 467. The van der Waals surface area contributed by atoms with Gasteiger partial charge in [0, 0.05) is 22.3 Å². The average Bonchev–Trinajstić information content (AvgIpc) is 3.01. The Morgan fingerprint density at radius 1 is 1.28 bits per heavy atom. The summed E-state index contributed by atoms with van der Waals surface area (Å²) in [6, 6.07) is 7.79. The third kappa shape index (κ3) is 2.37. The Morgan fingerprint density at radius 2 is 1.83 bits per heavy atom. The van der Waals surface area contributed by atoms with E-state index in [4.69, 9.17) is 11.6 Å². The van der Waals surface area contributed by atoms with E-state index in [1.807, 2.05) is 51.1 Å². The summed E-state index contributed by atoms with van der Waals surface area (Å²) < 4.78 is 0. The van der Waals surface area contributed by atoms with Gasteiger partial charge in [-0.1, -0.05) is 50.6 Å². The Kier molecular flexibility index (Phi) is 3.37. The van der Waals surface area contributed by atoms with E-state index >= 15 is 0 Å². The summed E-state index contributed by atoms with van der Waals surface area (Å²) in [5.74, 6) is 0.973. The van der Waals surface area contributed by atoms with Crippen molar-refractivity contribution in [1.29, 1.82) is 0 Å². The van der Waals surface area contributed by atoms with E-state index in [0.717, 1.165) is 5.02 Å². The molecule has 1 nitrogen and oxygen atoms in total. The molecule has 0 aromatic heterocycles. The van der Waals surface area contributed by atoms with Crippen molar-refractivity contribution in [3.8, 4) is 0 Å². The van der Waals surface area contributed by atoms with Gasteiger partial charge in [0.15, 0.2) is 0 Å². The fourth-order valence-corrected chi connectivity index (χ4v) is 2.71. The summed E-state index contributed by atoms with van der Waals surface area (Å²) in [6.07, 6.45) is 1.91. The third-order valence-electron chi connectivity index (χ3n) is 3.64. The molecule has 0 saturated heterocycles. The third-order valence-corrected chi connectivity index (χ3v) is 3.90. The zero-order valence-corrected chi connectivity index (χ0v) is 11.9. The van der Waals surface area contributed by atoms with Crippen molar-refractivity contribution in [2.45, 2.75) is 26.7 Å². The van der Waals surface area contributed by atoms with E-state index in [1.54, 1.807) is 0 Å². The van der Waals surface area contributed by atoms with Crippen molar-refractivity contribution >= 4 is 17.4 Å². The van der Waals surface area contributed by atoms with Crippen LogP contribution in [0.4, 0.5) is 0 Å². The van der Waals surface area contributed by atoms with Gasteiger partial charge in [-0.2, -0.15) is 0 Å². The molecule has 2 heteroatoms. The van der Waals surface area contributed by atoms with Crippen LogP contribution in [0, 0.1) is 17.3 Å². The first-order chi connectivity index (χ1) is 8.36. The predicted octanol–water partition coefficient (Wildman–Crippen LogP) is 4.47. The van der Waals surface area contributed by atoms with Crippen LogP contribution in [0.25, 0.3) is 0 Å². The van der Waals surface area contributed by atoms with Crippen molar-refractivity contribution in [1.82, 2.24) is 0 Å². The van der Waals surface area contributed by atoms with Gasteiger partial charge in [-0.25, -0.2) is 0 Å². The van der Waals surface area contributed by atoms with E-state index in [9.17, 15) is 4.79 Å². The minimum atomic E-state index is -0.285. The summed E-state index contributed by atoms with van der Waals surface area (Å²) in [6.45, 7) is 9.79. The van der Waals surface area contributed by atoms with Gasteiger partial charge in [0.25, 0.3) is 0 Å². The van der Waals surface area contributed by atoms with Crippen LogP contribution in [-0.2, 0) is 4.79 Å². The molecular formula is C16H19ClO. The van der Waals surface area contributed by atoms with Crippen LogP contribution in [0.1, 0.15) is 32.3 Å². The highest BCUT2D eigenvalue weighted by Crippen LogP contribution is 2.57. The molecule has 0 spiro atoms. The highest BCUT2D eigenvalue weighted by Gasteiger charge is 2.55. The zero-order chi connectivity index (χ0) is 13.5. The van der Waals surface area contributed by atoms with Crippen molar-refractivity contribution in [3.05, 3.63) is 47.5 Å². The normalized spacial score (nSPS) is 26.8. The molecule has 0 bridgehead atoms. The summed E-state index contributed by atoms with van der Waals surface area (Å²) in [7, 11) is 0. The number of benzene rings is 1. The molecule has 2 rings (SSSR count). The predicted molar refractivity (Wildman–Crippen MR) is 75.8 cm³/mol. The van der Waals surface area contributed by atoms with Gasteiger partial charge in [0.2, 0.25) is 0 Å². The monoisotopic (exact) mass is 262 g/mol. The lowest BCUT2D eigenvalue weighted by atomic mass is 9.86. The first-order valence-corrected chi connectivity index (χ1v) is 6.66. The number of ketones is 1. The second-order valence-corrected chi connectivity index (χ2v) is 6.47. The number of halogens is 1. The molecule has 0 amide bonds. The van der Waals surface area contributed by atoms with Crippen LogP contribution >= 0.6 is 11.6 Å². The highest BCUT2D eigenvalue weighted by molar-refractivity contribution is 6.30. The quantitative estimate of drug-likeness (QED) is 0.735. The molecule has 96 valence electrons. The molecule has 1 aromatic rings. The van der Waals surface area contributed by atoms with Crippen LogP contribution < -0.4 is 0 Å². The van der Waals surface area contributed by atoms with Gasteiger partial charge < -0.3 is 0 Å². The Morgan fingerprint density at radius 3 is 2.28 bits per heavy atom. The van der Waals surface area contributed by atoms with Gasteiger partial charge in [0.05, 0.1) is 0 Å². The fourth-order valence-electron chi connectivity index (χ4n) is 2.58. The molecule has 1 saturated carbocycles. The van der Waals surface area contributed by atoms with E-state index in [0.29, 0.717) is 5.78 Å². The summed E-state index contributed by atoms with van der Waals surface area (Å²) >= 11 is 5.89. The maximum atomic E-state index is 12.4. The zero-order valence-electron chi connectivity index (χ0n) is 11.1. The number of hydrogen-bond donors (Lipinski definition) is 0. The van der Waals surface area contributed by atoms with E-state index in [1.165, 1.54) is 5.56 Å². The molecule has 18 heavy (non-hydrogen) atoms. The molecule has 0 aliphatic heterocycles. The number of allylic oxidation sites excluding steroid dienone is 1. The number of carbonyl (C=O) groups is 1. The van der Waals surface area contributed by atoms with Gasteiger partial charge in [-0.05, 0) is 23.6 Å². The average molecular weight is 263 g/mol. The molecule has 1 aliphatic carbocycles. The second kappa shape index (κ2) is 4.55. The highest BCUT2D eigenvalue weighted by atomic mass is 35.5. The maximum Gasteiger partial charge on any atom is 0.142 e. The molecule has 0 heterocycles. The standard InChI is InChI=1S/C16H19ClO/c1-5-12-13(10-6-8-11(17)9-7-10)14(12)15(18)16(2,3)4/h5-9,12-14H,1H2,2-4H3/t12-,13+,14+/m1/s1. The molecule has 1 aliphatic rings. The number of Topliss-reactive ketones (excluding diaryl/α,β-unsaturated/α-hetero) is 1. The molecule has 3 atom stereocenters. The van der Waals surface area contributed by atoms with Crippen LogP contribution in [0.3, 0.4) is 0 Å². The van der Waals surface area contributed by atoms with Crippen molar-refractivity contribution in [3.63, 3.8) is 0 Å². The molecule has 0 unspecified atom stereocenters. The lowest BCUT2D eigenvalue weighted by molar-refractivity contribution is -0.127. The number of hydrogen-bond acceptors (Lipinski definition) is 1. The van der Waals surface area contributed by atoms with Crippen molar-refractivity contribution < 1.29 is 4.79 Å². The minimum Gasteiger partial charge on any atom is -0.299 e. The van der Waals surface area contributed by atoms with Crippen molar-refractivity contribution in [2.75, 3.05) is 0 Å². The number of rotatable bonds is 3. The largest absolute Gasteiger partial charge is 0.299 e. The minimum absolute atomic E-state index is 0.0867. The molecule has 1 aromatic carbocycles. The topological polar surface area (TPSA) is 17.1 Å². The van der Waals surface area contributed by atoms with Gasteiger partial charge in [-0.15, -0.1) is 6.58 Å². The summed E-state index contributed by atoms with van der Waals surface area (Å²) in [5, 5.41) is 0.730. The SMILES string of the molecule is C=C[C@H]1[C@H](C(=O)C(C)(C)C)[C@H]1c1ccc(Cl)cc1. The second-order valence-electron chi connectivity index (χ2n) is 6.03. The van der Waals surface area contributed by atoms with Crippen LogP contribution in [0.2, 0.25) is 5.02 Å². The van der Waals surface area contributed by atoms with Crippen LogP contribution in [0.5, 0.6) is 0 Å². The smallest absolute Gasteiger partial charge is 0.142 e. The summed E-state index contributed by atoms with van der Waals surface area (Å²) in [5.41, 5.74) is 0.902. The van der Waals surface area contributed by atoms with E-state index in [2.05, 4.69) is 6.58 Å². The lowest BCUT2D eigenvalue weighted by Crippen LogP contribution is -2.22. The van der Waals surface area contributed by atoms with Gasteiger partial charge >= 0.3 is 0 Å². The lowest BCUT2D eigenvalue weighted by Gasteiger charge is -2.16. The molecule has 1 fully saturated rings.